The Morgan fingerprint density at radius 2 is 0.885 bits per heavy atom. The van der Waals surface area contributed by atoms with Gasteiger partial charge in [0.25, 0.3) is 0 Å². The zero-order valence-corrected chi connectivity index (χ0v) is 14.9. The highest BCUT2D eigenvalue weighted by Crippen LogP contribution is 2.01. The SMILES string of the molecule is CC(C)(C)OO.O=C(O)CN(CCN(CC(=O)O)CC(=O)O)CC(=O)O. The van der Waals surface area contributed by atoms with Crippen LogP contribution in [0.15, 0.2) is 0 Å². The van der Waals surface area contributed by atoms with E-state index in [1.54, 1.807) is 20.8 Å². The van der Waals surface area contributed by atoms with Gasteiger partial charge in [-0.05, 0) is 20.8 Å². The van der Waals surface area contributed by atoms with Crippen LogP contribution in [-0.2, 0) is 24.1 Å². The van der Waals surface area contributed by atoms with E-state index in [4.69, 9.17) is 25.7 Å². The van der Waals surface area contributed by atoms with E-state index in [1.165, 1.54) is 0 Å². The van der Waals surface area contributed by atoms with Crippen molar-refractivity contribution in [2.45, 2.75) is 26.4 Å². The minimum atomic E-state index is -1.23. The molecule has 0 rings (SSSR count). The van der Waals surface area contributed by atoms with Crippen LogP contribution in [0.4, 0.5) is 0 Å². The van der Waals surface area contributed by atoms with E-state index in [0.29, 0.717) is 0 Å². The molecule has 0 aromatic carbocycles. The molecule has 0 fully saturated rings. The van der Waals surface area contributed by atoms with Crippen molar-refractivity contribution in [3.63, 3.8) is 0 Å². The molecule has 0 amide bonds. The van der Waals surface area contributed by atoms with Gasteiger partial charge in [0.2, 0.25) is 0 Å². The zero-order chi connectivity index (χ0) is 20.9. The smallest absolute Gasteiger partial charge is 0.317 e. The van der Waals surface area contributed by atoms with Gasteiger partial charge in [0.05, 0.1) is 31.8 Å². The van der Waals surface area contributed by atoms with Gasteiger partial charge < -0.3 is 20.4 Å². The van der Waals surface area contributed by atoms with E-state index in [-0.39, 0.29) is 13.1 Å². The fourth-order valence-electron chi connectivity index (χ4n) is 1.48. The second-order valence-electron chi connectivity index (χ2n) is 6.20. The lowest BCUT2D eigenvalue weighted by molar-refractivity contribution is -0.306. The van der Waals surface area contributed by atoms with Crippen molar-refractivity contribution in [2.24, 2.45) is 0 Å². The van der Waals surface area contributed by atoms with Gasteiger partial charge in [-0.3, -0.25) is 34.2 Å². The average molecular weight is 382 g/mol. The molecule has 0 aliphatic carbocycles. The Balaban J connectivity index is 0. The Bertz CT molecular complexity index is 407. The molecule has 0 saturated carbocycles. The molecular formula is C14H26N2O10. The molecule has 12 nitrogen and oxygen atoms in total. The normalized spacial score (nSPS) is 11.0. The first-order chi connectivity index (χ1) is 11.8. The number of carboxylic acid groups (broad SMARTS) is 4. The van der Waals surface area contributed by atoms with E-state index in [2.05, 4.69) is 4.89 Å². The topological polar surface area (TPSA) is 185 Å². The number of aliphatic carboxylic acids is 4. The van der Waals surface area contributed by atoms with Crippen LogP contribution in [0.1, 0.15) is 20.8 Å². The molecule has 5 N–H and O–H groups in total. The molecule has 0 atom stereocenters. The second kappa shape index (κ2) is 13.0. The van der Waals surface area contributed by atoms with Crippen molar-refractivity contribution < 1.29 is 49.7 Å². The summed E-state index contributed by atoms with van der Waals surface area (Å²) >= 11 is 0. The number of nitrogens with zero attached hydrogens (tertiary/aromatic N) is 2. The number of hydrogen-bond acceptors (Lipinski definition) is 8. The van der Waals surface area contributed by atoms with Crippen LogP contribution in [0, 0.1) is 0 Å². The highest BCUT2D eigenvalue weighted by atomic mass is 17.1. The molecule has 0 aromatic rings. The molecule has 12 heteroatoms. The number of carbonyl (C=O) groups is 4. The van der Waals surface area contributed by atoms with Crippen molar-refractivity contribution in [3.05, 3.63) is 0 Å². The number of hydrogen-bond donors (Lipinski definition) is 5. The Hall–Kier alpha value is -2.28. The van der Waals surface area contributed by atoms with Gasteiger partial charge in [0.1, 0.15) is 0 Å². The van der Waals surface area contributed by atoms with Crippen LogP contribution in [-0.4, -0.2) is 104 Å². The van der Waals surface area contributed by atoms with Crippen LogP contribution >= 0.6 is 0 Å². The van der Waals surface area contributed by atoms with Crippen LogP contribution < -0.4 is 0 Å². The second-order valence-corrected chi connectivity index (χ2v) is 6.20. The maximum atomic E-state index is 10.6. The summed E-state index contributed by atoms with van der Waals surface area (Å²) in [7, 11) is 0. The lowest BCUT2D eigenvalue weighted by atomic mass is 10.2. The van der Waals surface area contributed by atoms with Crippen LogP contribution in [0.25, 0.3) is 0 Å². The zero-order valence-electron chi connectivity index (χ0n) is 14.9. The summed E-state index contributed by atoms with van der Waals surface area (Å²) < 4.78 is 0. The molecule has 0 aromatic heterocycles. The quantitative estimate of drug-likeness (QED) is 0.222. The minimum Gasteiger partial charge on any atom is -0.480 e. The Kier molecular flexibility index (Phi) is 13.0. The predicted octanol–water partition coefficient (Wildman–Crippen LogP) is -0.797. The monoisotopic (exact) mass is 382 g/mol. The van der Waals surface area contributed by atoms with E-state index >= 15 is 0 Å². The summed E-state index contributed by atoms with van der Waals surface area (Å²) in [5, 5.41) is 42.4. The molecule has 0 unspecified atom stereocenters. The summed E-state index contributed by atoms with van der Waals surface area (Å²) in [4.78, 5) is 48.3. The molecule has 0 spiro atoms. The minimum absolute atomic E-state index is 0.0703. The largest absolute Gasteiger partial charge is 0.480 e. The summed E-state index contributed by atoms with van der Waals surface area (Å²) in [6.07, 6.45) is 0. The molecule has 26 heavy (non-hydrogen) atoms. The first-order valence-electron chi connectivity index (χ1n) is 7.41. The van der Waals surface area contributed by atoms with Crippen molar-refractivity contribution in [1.82, 2.24) is 9.80 Å². The summed E-state index contributed by atoms with van der Waals surface area (Å²) in [6.45, 7) is 3.06. The van der Waals surface area contributed by atoms with Gasteiger partial charge in [-0.2, -0.15) is 0 Å². The van der Waals surface area contributed by atoms with Gasteiger partial charge in [-0.15, -0.1) is 0 Å². The van der Waals surface area contributed by atoms with E-state index < -0.39 is 55.7 Å². The molecule has 0 bridgehead atoms. The molecule has 0 aliphatic heterocycles. The number of rotatable bonds is 11. The molecule has 0 radical (unpaired) electrons. The lowest BCUT2D eigenvalue weighted by Crippen LogP contribution is -2.43. The first kappa shape index (κ1) is 26.0. The molecule has 152 valence electrons. The van der Waals surface area contributed by atoms with Crippen molar-refractivity contribution in [1.29, 1.82) is 0 Å². The van der Waals surface area contributed by atoms with Crippen LogP contribution in [0.5, 0.6) is 0 Å². The third-order valence-electron chi connectivity index (χ3n) is 2.44. The maximum absolute atomic E-state index is 10.6. The van der Waals surface area contributed by atoms with Gasteiger partial charge in [-0.25, -0.2) is 4.89 Å². The molecular weight excluding hydrogens is 356 g/mol. The fourth-order valence-corrected chi connectivity index (χ4v) is 1.48. The molecule has 0 saturated heterocycles. The standard InChI is InChI=1S/C10H16N2O8.C4H10O2/c13-7(14)3-11(4-8(15)16)1-2-12(5-9(17)18)6-10(19)20;1-4(2,3)6-5/h1-6H2,(H,13,14)(H,15,16)(H,17,18)(H,19,20);5H,1-3H3. The summed E-state index contributed by atoms with van der Waals surface area (Å²) in [5.41, 5.74) is -0.403. The Labute approximate surface area is 150 Å². The third-order valence-corrected chi connectivity index (χ3v) is 2.44. The van der Waals surface area contributed by atoms with Gasteiger partial charge >= 0.3 is 23.9 Å². The van der Waals surface area contributed by atoms with Gasteiger partial charge in [-0.1, -0.05) is 0 Å². The first-order valence-corrected chi connectivity index (χ1v) is 7.41. The van der Waals surface area contributed by atoms with Crippen LogP contribution in [0.3, 0.4) is 0 Å². The van der Waals surface area contributed by atoms with Gasteiger partial charge in [0, 0.05) is 13.1 Å². The Morgan fingerprint density at radius 3 is 1.00 bits per heavy atom. The maximum Gasteiger partial charge on any atom is 0.317 e. The van der Waals surface area contributed by atoms with Crippen molar-refractivity contribution in [2.75, 3.05) is 39.3 Å². The molecule has 0 heterocycles. The van der Waals surface area contributed by atoms with E-state index in [9.17, 15) is 19.2 Å². The highest BCUT2D eigenvalue weighted by Gasteiger charge is 2.18. The van der Waals surface area contributed by atoms with E-state index in [1.807, 2.05) is 0 Å². The highest BCUT2D eigenvalue weighted by molar-refractivity contribution is 5.73. The average Bonchev–Trinajstić information content (AvgIpc) is 2.42. The summed E-state index contributed by atoms with van der Waals surface area (Å²) in [5.74, 6) is -4.91. The predicted molar refractivity (Wildman–Crippen MR) is 86.9 cm³/mol. The molecule has 0 aliphatic rings. The van der Waals surface area contributed by atoms with Gasteiger partial charge in [0.15, 0.2) is 0 Å². The van der Waals surface area contributed by atoms with E-state index in [0.717, 1.165) is 9.80 Å². The van der Waals surface area contributed by atoms with Crippen molar-refractivity contribution in [3.8, 4) is 0 Å². The van der Waals surface area contributed by atoms with Crippen molar-refractivity contribution >= 4 is 23.9 Å². The summed E-state index contributed by atoms with van der Waals surface area (Å²) in [6, 6.07) is 0. The Morgan fingerprint density at radius 1 is 0.692 bits per heavy atom. The third kappa shape index (κ3) is 19.8. The number of carboxylic acids is 4. The van der Waals surface area contributed by atoms with Crippen LogP contribution in [0.2, 0.25) is 0 Å². The fraction of sp³-hybridized carbons (Fsp3) is 0.714. The lowest BCUT2D eigenvalue weighted by Gasteiger charge is -2.23.